The number of nitrogens with zero attached hydrogens (tertiary/aromatic N) is 4. The number of allylic oxidation sites excluding steroid dienone is 12. The van der Waals surface area contributed by atoms with Crippen molar-refractivity contribution >= 4 is 47.0 Å². The predicted molar refractivity (Wildman–Crippen MR) is 120 cm³/mol. The zero-order valence-corrected chi connectivity index (χ0v) is 18.2. The zero-order chi connectivity index (χ0) is 20.5. The Bertz CT molecular complexity index is 929. The van der Waals surface area contributed by atoms with Gasteiger partial charge in [0, 0.05) is 0 Å². The van der Waals surface area contributed by atoms with Gasteiger partial charge in [-0.2, -0.15) is 21.0 Å². The van der Waals surface area contributed by atoms with E-state index >= 15 is 0 Å². The van der Waals surface area contributed by atoms with Crippen molar-refractivity contribution in [2.24, 2.45) is 0 Å². The Morgan fingerprint density at radius 2 is 0.893 bits per heavy atom. The van der Waals surface area contributed by atoms with Crippen molar-refractivity contribution < 1.29 is 0 Å². The summed E-state index contributed by atoms with van der Waals surface area (Å²) in [7, 11) is 0. The number of rotatable bonds is 4. The van der Waals surface area contributed by atoms with Crippen LogP contribution in [0.25, 0.3) is 0 Å². The van der Waals surface area contributed by atoms with Crippen LogP contribution in [0, 0.1) is 45.3 Å². The molecule has 2 aliphatic heterocycles. The van der Waals surface area contributed by atoms with E-state index < -0.39 is 0 Å². The molecule has 0 radical (unpaired) electrons. The molecule has 0 saturated heterocycles. The first-order valence-electron chi connectivity index (χ1n) is 7.76. The van der Waals surface area contributed by atoms with Crippen molar-refractivity contribution in [1.82, 2.24) is 0 Å². The summed E-state index contributed by atoms with van der Waals surface area (Å²) in [5.74, 6) is 0. The maximum Gasteiger partial charge on any atom is 0.115 e. The van der Waals surface area contributed by atoms with Gasteiger partial charge in [-0.1, -0.05) is 71.4 Å². The Morgan fingerprint density at radius 1 is 0.607 bits per heavy atom. The molecule has 0 amide bonds. The van der Waals surface area contributed by atoms with Crippen molar-refractivity contribution in [1.29, 1.82) is 21.0 Å². The second kappa shape index (κ2) is 10.8. The second-order valence-electron chi connectivity index (χ2n) is 5.30. The third-order valence-electron chi connectivity index (χ3n) is 3.15. The first kappa shape index (κ1) is 21.8. The predicted octanol–water partition coefficient (Wildman–Crippen LogP) is 6.60. The smallest absolute Gasteiger partial charge is 0.115 e. The largest absolute Gasteiger partial charge is 0.192 e. The van der Waals surface area contributed by atoms with Crippen molar-refractivity contribution in [3.8, 4) is 24.3 Å². The molecule has 0 N–H and O–H groups in total. The highest BCUT2D eigenvalue weighted by Crippen LogP contribution is 2.49. The van der Waals surface area contributed by atoms with Crippen molar-refractivity contribution in [2.75, 3.05) is 0 Å². The summed E-state index contributed by atoms with van der Waals surface area (Å²) in [6, 6.07) is 8.18. The number of hydrogen-bond donors (Lipinski definition) is 0. The molecule has 136 valence electrons. The molecule has 0 fully saturated rings. The average molecular weight is 437 g/mol. The summed E-state index contributed by atoms with van der Waals surface area (Å²) in [4.78, 5) is 1.80. The fraction of sp³-hybridized carbons (Fsp3) is 0.100. The van der Waals surface area contributed by atoms with Crippen LogP contribution in [-0.2, 0) is 0 Å². The van der Waals surface area contributed by atoms with Crippen LogP contribution in [0.2, 0.25) is 0 Å². The van der Waals surface area contributed by atoms with Crippen LogP contribution < -0.4 is 0 Å². The third kappa shape index (κ3) is 6.03. The normalized spacial score (nSPS) is 17.5. The molecule has 0 aromatic rings. The van der Waals surface area contributed by atoms with Crippen LogP contribution in [0.5, 0.6) is 0 Å². The van der Waals surface area contributed by atoms with Crippen LogP contribution in [0.1, 0.15) is 13.8 Å². The van der Waals surface area contributed by atoms with Gasteiger partial charge in [-0.05, 0) is 37.1 Å². The van der Waals surface area contributed by atoms with Gasteiger partial charge in [-0.15, -0.1) is 0 Å². The highest BCUT2D eigenvalue weighted by Gasteiger charge is 2.21. The van der Waals surface area contributed by atoms with E-state index in [1.165, 1.54) is 47.0 Å². The fourth-order valence-corrected chi connectivity index (χ4v) is 6.28. The quantitative estimate of drug-likeness (QED) is 0.455. The Labute approximate surface area is 181 Å². The number of nitriles is 4. The molecule has 8 heteroatoms. The first-order valence-corrected chi connectivity index (χ1v) is 11.0. The molecule has 0 aliphatic carbocycles. The molecule has 0 saturated carbocycles. The molecule has 0 spiro atoms. The summed E-state index contributed by atoms with van der Waals surface area (Å²) in [6.45, 7) is 3.91. The third-order valence-corrected chi connectivity index (χ3v) is 7.68. The summed E-state index contributed by atoms with van der Waals surface area (Å²) in [6.07, 6.45) is 11.6. The lowest BCUT2D eigenvalue weighted by atomic mass is 10.2. The van der Waals surface area contributed by atoms with Crippen LogP contribution in [-0.4, -0.2) is 0 Å². The SMILES string of the molecule is C\C(C=C1SC(C#N)=C(C#N)S1)=C/C=C/C=C(\C)C=C1SC(C#N)=C(C#N)S1. The van der Waals surface area contributed by atoms with Crippen molar-refractivity contribution in [3.63, 3.8) is 0 Å². The van der Waals surface area contributed by atoms with Crippen LogP contribution in [0.3, 0.4) is 0 Å². The van der Waals surface area contributed by atoms with Crippen LogP contribution in [0.15, 0.2) is 75.7 Å². The second-order valence-corrected chi connectivity index (χ2v) is 10.0. The van der Waals surface area contributed by atoms with Crippen LogP contribution >= 0.6 is 47.0 Å². The monoisotopic (exact) mass is 436 g/mol. The summed E-state index contributed by atoms with van der Waals surface area (Å²) >= 11 is 5.27. The van der Waals surface area contributed by atoms with Gasteiger partial charge < -0.3 is 0 Å². The molecule has 0 aromatic heterocycles. The molecule has 0 unspecified atom stereocenters. The Balaban J connectivity index is 1.96. The van der Waals surface area contributed by atoms with Crippen molar-refractivity contribution in [2.45, 2.75) is 13.8 Å². The van der Waals surface area contributed by atoms with Crippen molar-refractivity contribution in [3.05, 3.63) is 75.7 Å². The van der Waals surface area contributed by atoms with E-state index in [0.717, 1.165) is 19.6 Å². The number of thioether (sulfide) groups is 4. The Morgan fingerprint density at radius 3 is 1.14 bits per heavy atom. The molecular weight excluding hydrogens is 425 g/mol. The molecule has 0 atom stereocenters. The highest BCUT2D eigenvalue weighted by atomic mass is 32.2. The van der Waals surface area contributed by atoms with Gasteiger partial charge in [-0.25, -0.2) is 0 Å². The van der Waals surface area contributed by atoms with E-state index in [2.05, 4.69) is 0 Å². The van der Waals surface area contributed by atoms with E-state index in [4.69, 9.17) is 21.0 Å². The van der Waals surface area contributed by atoms with E-state index in [1.807, 2.05) is 74.6 Å². The van der Waals surface area contributed by atoms with Gasteiger partial charge in [-0.3, -0.25) is 0 Å². The standard InChI is InChI=1S/C20H12N4S4/c1-13(7-19-25-15(9-21)16(10-22)26-19)5-3-4-6-14(2)8-20-27-17(11-23)18(12-24)28-20/h3-8H,1-2H3/b4-3+,13-5+,14-6+. The minimum atomic E-state index is 0.449. The molecule has 2 aliphatic rings. The molecular formula is C20H12N4S4. The molecule has 0 bridgehead atoms. The molecule has 28 heavy (non-hydrogen) atoms. The van der Waals surface area contributed by atoms with Gasteiger partial charge in [0.25, 0.3) is 0 Å². The minimum absolute atomic E-state index is 0.449. The number of hydrogen-bond acceptors (Lipinski definition) is 8. The lowest BCUT2D eigenvalue weighted by molar-refractivity contribution is 1.50. The fourth-order valence-electron chi connectivity index (χ4n) is 1.92. The summed E-state index contributed by atoms with van der Waals surface area (Å²) in [5, 5.41) is 36.0. The molecule has 0 aromatic carbocycles. The van der Waals surface area contributed by atoms with Gasteiger partial charge in [0.2, 0.25) is 0 Å². The molecule has 2 rings (SSSR count). The van der Waals surface area contributed by atoms with E-state index in [-0.39, 0.29) is 0 Å². The molecule has 4 nitrogen and oxygen atoms in total. The first-order chi connectivity index (χ1) is 13.5. The lowest BCUT2D eigenvalue weighted by Gasteiger charge is -1.95. The Hall–Kier alpha value is -2.46. The lowest BCUT2D eigenvalue weighted by Crippen LogP contribution is -1.71. The minimum Gasteiger partial charge on any atom is -0.192 e. The average Bonchev–Trinajstić information content (AvgIpc) is 3.27. The summed E-state index contributed by atoms with van der Waals surface area (Å²) in [5.41, 5.74) is 2.02. The summed E-state index contributed by atoms with van der Waals surface area (Å²) < 4.78 is 1.83. The Kier molecular flexibility index (Phi) is 8.40. The maximum absolute atomic E-state index is 9.01. The maximum atomic E-state index is 9.01. The van der Waals surface area contributed by atoms with E-state index in [9.17, 15) is 0 Å². The molecule has 2 heterocycles. The van der Waals surface area contributed by atoms with E-state index in [0.29, 0.717) is 19.6 Å². The highest BCUT2D eigenvalue weighted by molar-refractivity contribution is 8.29. The van der Waals surface area contributed by atoms with Gasteiger partial charge in [0.05, 0.1) is 8.47 Å². The van der Waals surface area contributed by atoms with Gasteiger partial charge in [0.1, 0.15) is 43.9 Å². The zero-order valence-electron chi connectivity index (χ0n) is 14.9. The van der Waals surface area contributed by atoms with E-state index in [1.54, 1.807) is 0 Å². The van der Waals surface area contributed by atoms with Gasteiger partial charge >= 0.3 is 0 Å². The topological polar surface area (TPSA) is 95.2 Å². The van der Waals surface area contributed by atoms with Gasteiger partial charge in [0.15, 0.2) is 0 Å². The van der Waals surface area contributed by atoms with Crippen LogP contribution in [0.4, 0.5) is 0 Å².